The Morgan fingerprint density at radius 1 is 1.67 bits per heavy atom. The van der Waals surface area contributed by atoms with Crippen LogP contribution in [0.4, 0.5) is 0 Å². The molecule has 0 aromatic rings. The molecule has 1 fully saturated rings. The van der Waals surface area contributed by atoms with E-state index in [1.54, 1.807) is 6.21 Å². The third kappa shape index (κ3) is 2.34. The van der Waals surface area contributed by atoms with Crippen LogP contribution in [-0.2, 0) is 4.79 Å². The van der Waals surface area contributed by atoms with E-state index < -0.39 is 0 Å². The number of Topliss-reactive ketones (excluding diaryl/α,β-unsaturated/α-hetero) is 1. The summed E-state index contributed by atoms with van der Waals surface area (Å²) in [5.74, 6) is 0.775. The zero-order valence-corrected chi connectivity index (χ0v) is 9.44. The summed E-state index contributed by atoms with van der Waals surface area (Å²) < 4.78 is 0. The van der Waals surface area contributed by atoms with Crippen LogP contribution in [0, 0.1) is 5.92 Å². The summed E-state index contributed by atoms with van der Waals surface area (Å²) in [5, 5.41) is 0. The van der Waals surface area contributed by atoms with Crippen LogP contribution in [0.25, 0.3) is 0 Å². The van der Waals surface area contributed by atoms with Crippen molar-refractivity contribution < 1.29 is 4.79 Å². The number of nitrogens with zero attached hydrogens (tertiary/aromatic N) is 2. The first-order valence-corrected chi connectivity index (χ1v) is 5.68. The van der Waals surface area contributed by atoms with Crippen molar-refractivity contribution in [2.45, 2.75) is 25.8 Å². The summed E-state index contributed by atoms with van der Waals surface area (Å²) in [4.78, 5) is 18.3. The number of hydrogen-bond donors (Lipinski definition) is 0. The van der Waals surface area contributed by atoms with Crippen molar-refractivity contribution in [2.75, 3.05) is 20.1 Å². The Morgan fingerprint density at radius 3 is 3.00 bits per heavy atom. The molecule has 0 radical (unpaired) electrons. The SMILES string of the molecule is CCC1C=C(C(=O)C2CN2C)C=NCC1. The average Bonchev–Trinajstić information content (AvgIpc) is 2.99. The number of carbonyl (C=O) groups is 1. The lowest BCUT2D eigenvalue weighted by molar-refractivity contribution is -0.115. The zero-order chi connectivity index (χ0) is 10.8. The smallest absolute Gasteiger partial charge is 0.182 e. The second-order valence-electron chi connectivity index (χ2n) is 4.43. The average molecular weight is 206 g/mol. The largest absolute Gasteiger partial charge is 0.293 e. The molecule has 15 heavy (non-hydrogen) atoms. The van der Waals surface area contributed by atoms with Crippen molar-refractivity contribution >= 4 is 12.0 Å². The number of allylic oxidation sites excluding steroid dienone is 1. The molecule has 2 aliphatic heterocycles. The molecule has 0 spiro atoms. The quantitative estimate of drug-likeness (QED) is 0.652. The molecule has 0 bridgehead atoms. The molecule has 3 unspecified atom stereocenters. The predicted octanol–water partition coefficient (Wildman–Crippen LogP) is 1.30. The van der Waals surface area contributed by atoms with Crippen molar-refractivity contribution in [2.24, 2.45) is 10.9 Å². The fourth-order valence-corrected chi connectivity index (χ4v) is 1.95. The van der Waals surface area contributed by atoms with Gasteiger partial charge in [-0.1, -0.05) is 13.0 Å². The standard InChI is InChI=1S/C12H18N2O/c1-3-9-4-5-13-7-10(6-9)12(15)11-8-14(11)2/h6-7,9,11H,3-5,8H2,1-2H3. The third-order valence-electron chi connectivity index (χ3n) is 3.25. The molecule has 2 aliphatic rings. The van der Waals surface area contributed by atoms with E-state index in [-0.39, 0.29) is 11.8 Å². The van der Waals surface area contributed by atoms with Crippen molar-refractivity contribution in [3.05, 3.63) is 11.6 Å². The molecule has 2 rings (SSSR count). The van der Waals surface area contributed by atoms with Gasteiger partial charge in [0.15, 0.2) is 5.78 Å². The molecule has 0 aromatic carbocycles. The molecule has 0 aromatic heterocycles. The van der Waals surface area contributed by atoms with Crippen LogP contribution in [0.15, 0.2) is 16.6 Å². The van der Waals surface area contributed by atoms with Crippen molar-refractivity contribution in [1.82, 2.24) is 4.90 Å². The Bertz CT molecular complexity index is 320. The minimum atomic E-state index is 0.123. The number of ketones is 1. The van der Waals surface area contributed by atoms with E-state index in [0.29, 0.717) is 5.92 Å². The number of rotatable bonds is 3. The van der Waals surface area contributed by atoms with Gasteiger partial charge >= 0.3 is 0 Å². The fourth-order valence-electron chi connectivity index (χ4n) is 1.95. The van der Waals surface area contributed by atoms with Crippen LogP contribution < -0.4 is 0 Å². The van der Waals surface area contributed by atoms with Gasteiger partial charge in [-0.3, -0.25) is 14.7 Å². The van der Waals surface area contributed by atoms with Gasteiger partial charge in [-0.05, 0) is 25.8 Å². The minimum Gasteiger partial charge on any atom is -0.293 e. The highest BCUT2D eigenvalue weighted by atomic mass is 16.1. The normalized spacial score (nSPS) is 34.5. The molecule has 3 heteroatoms. The molecular formula is C12H18N2O. The van der Waals surface area contributed by atoms with E-state index >= 15 is 0 Å². The van der Waals surface area contributed by atoms with Gasteiger partial charge in [0.2, 0.25) is 0 Å². The first-order chi connectivity index (χ1) is 7.22. The highest BCUT2D eigenvalue weighted by molar-refractivity contribution is 6.16. The number of hydrogen-bond acceptors (Lipinski definition) is 3. The van der Waals surface area contributed by atoms with Gasteiger partial charge in [0.05, 0.1) is 6.04 Å². The number of likely N-dealkylation sites (N-methyl/N-ethyl adjacent to an activating group) is 1. The third-order valence-corrected chi connectivity index (χ3v) is 3.25. The number of carbonyl (C=O) groups excluding carboxylic acids is 1. The Labute approximate surface area is 90.9 Å². The minimum absolute atomic E-state index is 0.123. The summed E-state index contributed by atoms with van der Waals surface area (Å²) in [5.41, 5.74) is 0.828. The Hall–Kier alpha value is -0.960. The fraction of sp³-hybridized carbons (Fsp3) is 0.667. The van der Waals surface area contributed by atoms with Crippen molar-refractivity contribution in [3.63, 3.8) is 0 Å². The van der Waals surface area contributed by atoms with E-state index in [1.165, 1.54) is 0 Å². The highest BCUT2D eigenvalue weighted by Gasteiger charge is 2.38. The highest BCUT2D eigenvalue weighted by Crippen LogP contribution is 2.21. The summed E-state index contributed by atoms with van der Waals surface area (Å²) in [7, 11) is 1.98. The van der Waals surface area contributed by atoms with Gasteiger partial charge in [-0.25, -0.2) is 0 Å². The van der Waals surface area contributed by atoms with Gasteiger partial charge in [0, 0.05) is 24.9 Å². The van der Waals surface area contributed by atoms with Crippen molar-refractivity contribution in [1.29, 1.82) is 0 Å². The summed E-state index contributed by atoms with van der Waals surface area (Å²) in [6.07, 6.45) is 6.06. The van der Waals surface area contributed by atoms with Crippen molar-refractivity contribution in [3.8, 4) is 0 Å². The molecule has 3 nitrogen and oxygen atoms in total. The van der Waals surface area contributed by atoms with Crippen LogP contribution in [0.2, 0.25) is 0 Å². The summed E-state index contributed by atoms with van der Waals surface area (Å²) in [6.45, 7) is 3.92. The molecule has 0 saturated carbocycles. The van der Waals surface area contributed by atoms with E-state index in [4.69, 9.17) is 0 Å². The lowest BCUT2D eigenvalue weighted by Gasteiger charge is -2.06. The Kier molecular flexibility index (Phi) is 3.00. The Morgan fingerprint density at radius 2 is 2.40 bits per heavy atom. The molecule has 0 N–H and O–H groups in total. The molecule has 0 aliphatic carbocycles. The topological polar surface area (TPSA) is 32.4 Å². The lowest BCUT2D eigenvalue weighted by Crippen LogP contribution is -2.15. The van der Waals surface area contributed by atoms with Crippen LogP contribution in [0.5, 0.6) is 0 Å². The van der Waals surface area contributed by atoms with E-state index in [0.717, 1.165) is 31.5 Å². The van der Waals surface area contributed by atoms with E-state index in [9.17, 15) is 4.79 Å². The van der Waals surface area contributed by atoms with Crippen LogP contribution in [0.3, 0.4) is 0 Å². The maximum absolute atomic E-state index is 12.0. The number of aliphatic imine (C=N–C) groups is 1. The Balaban J connectivity index is 2.10. The second-order valence-corrected chi connectivity index (χ2v) is 4.43. The molecule has 1 saturated heterocycles. The lowest BCUT2D eigenvalue weighted by atomic mass is 9.98. The van der Waals surface area contributed by atoms with Gasteiger partial charge in [-0.2, -0.15) is 0 Å². The van der Waals surface area contributed by atoms with Crippen LogP contribution in [0.1, 0.15) is 19.8 Å². The van der Waals surface area contributed by atoms with E-state index in [1.807, 2.05) is 7.05 Å². The first kappa shape index (κ1) is 10.6. The van der Waals surface area contributed by atoms with Gasteiger partial charge in [-0.15, -0.1) is 0 Å². The zero-order valence-electron chi connectivity index (χ0n) is 9.44. The maximum Gasteiger partial charge on any atom is 0.182 e. The van der Waals surface area contributed by atoms with Crippen LogP contribution in [-0.4, -0.2) is 43.1 Å². The maximum atomic E-state index is 12.0. The monoisotopic (exact) mass is 206 g/mol. The molecule has 2 heterocycles. The van der Waals surface area contributed by atoms with E-state index in [2.05, 4.69) is 22.9 Å². The molecule has 0 amide bonds. The van der Waals surface area contributed by atoms with Gasteiger partial charge in [0.25, 0.3) is 0 Å². The molecular weight excluding hydrogens is 188 g/mol. The molecule has 82 valence electrons. The summed E-state index contributed by atoms with van der Waals surface area (Å²) in [6, 6.07) is 0.123. The van der Waals surface area contributed by atoms with Gasteiger partial charge < -0.3 is 0 Å². The van der Waals surface area contributed by atoms with Crippen LogP contribution >= 0.6 is 0 Å². The van der Waals surface area contributed by atoms with Gasteiger partial charge in [0.1, 0.15) is 0 Å². The second kappa shape index (κ2) is 4.27. The predicted molar refractivity (Wildman–Crippen MR) is 61.3 cm³/mol. The molecule has 3 atom stereocenters. The first-order valence-electron chi connectivity index (χ1n) is 5.68. The summed E-state index contributed by atoms with van der Waals surface area (Å²) >= 11 is 0.